The summed E-state index contributed by atoms with van der Waals surface area (Å²) in [6, 6.07) is 0. The number of aliphatic hydroxyl groups excluding tert-OH is 1. The molecule has 0 bridgehead atoms. The van der Waals surface area contributed by atoms with Crippen LogP contribution in [0.25, 0.3) is 0 Å². The van der Waals surface area contributed by atoms with Crippen LogP contribution >= 0.6 is 10.3 Å². The molecule has 0 unspecified atom stereocenters. The Balaban J connectivity index is 1.77. The molecule has 2 fully saturated rings. The molecule has 0 aliphatic heterocycles. The van der Waals surface area contributed by atoms with E-state index in [1.54, 1.807) is 0 Å². The third-order valence-electron chi connectivity index (χ3n) is 6.25. The third kappa shape index (κ3) is 4.39. The van der Waals surface area contributed by atoms with E-state index >= 15 is 0 Å². The first-order chi connectivity index (χ1) is 9.64. The zero-order valence-corrected chi connectivity index (χ0v) is 15.6. The number of hydrogen-bond donors (Lipinski definition) is 1. The molecule has 0 heterocycles. The normalized spacial score (nSPS) is 35.9. The van der Waals surface area contributed by atoms with Crippen LogP contribution in [0.3, 0.4) is 0 Å². The standard InChI is InChI=1S/C18H36O2S/c1-17(2,3)21(4,5)20-14-15-6-10-18(11-7-15)12-8-16(19)9-13-18/h15-16,19H,6-14H2,1-5H3. The van der Waals surface area contributed by atoms with Gasteiger partial charge in [0.1, 0.15) is 0 Å². The highest BCUT2D eigenvalue weighted by Gasteiger charge is 2.38. The van der Waals surface area contributed by atoms with Gasteiger partial charge in [-0.05, 0) is 75.2 Å². The predicted molar refractivity (Wildman–Crippen MR) is 94.0 cm³/mol. The second-order valence-electron chi connectivity index (χ2n) is 8.80. The van der Waals surface area contributed by atoms with Crippen LogP contribution in [-0.2, 0) is 4.18 Å². The van der Waals surface area contributed by atoms with Gasteiger partial charge in [-0.15, -0.1) is 10.3 Å². The lowest BCUT2D eigenvalue weighted by molar-refractivity contribution is 0.0239. The lowest BCUT2D eigenvalue weighted by Crippen LogP contribution is -2.35. The second kappa shape index (κ2) is 6.41. The van der Waals surface area contributed by atoms with Crippen molar-refractivity contribution in [2.24, 2.45) is 11.3 Å². The summed E-state index contributed by atoms with van der Waals surface area (Å²) in [5.74, 6) is 0.761. The van der Waals surface area contributed by atoms with Crippen molar-refractivity contribution in [2.75, 3.05) is 19.1 Å². The fraction of sp³-hybridized carbons (Fsp3) is 1.00. The summed E-state index contributed by atoms with van der Waals surface area (Å²) in [6.45, 7) is 7.85. The molecule has 0 aromatic carbocycles. The van der Waals surface area contributed by atoms with E-state index in [0.717, 1.165) is 25.4 Å². The van der Waals surface area contributed by atoms with Crippen molar-refractivity contribution in [3.63, 3.8) is 0 Å². The average molecular weight is 317 g/mol. The molecule has 1 N–H and O–H groups in total. The topological polar surface area (TPSA) is 29.5 Å². The highest BCUT2D eigenvalue weighted by Crippen LogP contribution is 2.55. The first kappa shape index (κ1) is 17.6. The van der Waals surface area contributed by atoms with Crippen molar-refractivity contribution in [3.8, 4) is 0 Å². The Morgan fingerprint density at radius 1 is 1.00 bits per heavy atom. The first-order valence-electron chi connectivity index (χ1n) is 8.69. The lowest BCUT2D eigenvalue weighted by atomic mass is 9.63. The van der Waals surface area contributed by atoms with Crippen molar-refractivity contribution in [1.29, 1.82) is 0 Å². The first-order valence-corrected chi connectivity index (χ1v) is 11.1. The van der Waals surface area contributed by atoms with Crippen molar-refractivity contribution in [1.82, 2.24) is 0 Å². The van der Waals surface area contributed by atoms with Crippen LogP contribution in [0.4, 0.5) is 0 Å². The van der Waals surface area contributed by atoms with Gasteiger partial charge in [-0.3, -0.25) is 0 Å². The quantitative estimate of drug-likeness (QED) is 0.803. The summed E-state index contributed by atoms with van der Waals surface area (Å²) in [7, 11) is -0.971. The number of rotatable bonds is 3. The maximum atomic E-state index is 9.71. The van der Waals surface area contributed by atoms with Crippen LogP contribution in [-0.4, -0.2) is 35.1 Å². The van der Waals surface area contributed by atoms with E-state index in [4.69, 9.17) is 4.18 Å². The van der Waals surface area contributed by atoms with Gasteiger partial charge in [0.2, 0.25) is 0 Å². The fourth-order valence-corrected chi connectivity index (χ4v) is 4.50. The minimum atomic E-state index is -0.971. The molecule has 0 saturated heterocycles. The van der Waals surface area contributed by atoms with Gasteiger partial charge in [0.15, 0.2) is 0 Å². The summed E-state index contributed by atoms with van der Waals surface area (Å²) in [5.41, 5.74) is 0.572. The van der Waals surface area contributed by atoms with Crippen molar-refractivity contribution in [3.05, 3.63) is 0 Å². The van der Waals surface area contributed by atoms with E-state index in [-0.39, 0.29) is 10.9 Å². The fourth-order valence-electron chi connectivity index (χ4n) is 3.61. The molecular weight excluding hydrogens is 280 g/mol. The van der Waals surface area contributed by atoms with Gasteiger partial charge in [-0.1, -0.05) is 20.8 Å². The van der Waals surface area contributed by atoms with E-state index in [9.17, 15) is 5.11 Å². The molecule has 0 atom stereocenters. The molecule has 2 aliphatic rings. The molecule has 0 aromatic rings. The predicted octanol–water partition coefficient (Wildman–Crippen LogP) is 4.89. The molecule has 3 heteroatoms. The Hall–Kier alpha value is 0.270. The van der Waals surface area contributed by atoms with E-state index in [1.807, 2.05) is 0 Å². The van der Waals surface area contributed by atoms with E-state index in [2.05, 4.69) is 33.3 Å². The SMILES string of the molecule is CC(C)(C)S(C)(C)OCC1CCC2(CCC(O)CC2)CC1. The van der Waals surface area contributed by atoms with Crippen LogP contribution in [0.5, 0.6) is 0 Å². The van der Waals surface area contributed by atoms with Crippen LogP contribution in [0, 0.1) is 11.3 Å². The molecule has 21 heavy (non-hydrogen) atoms. The number of aliphatic hydroxyl groups is 1. The highest BCUT2D eigenvalue weighted by atomic mass is 32.3. The summed E-state index contributed by atoms with van der Waals surface area (Å²) in [6.07, 6.45) is 14.5. The molecule has 0 amide bonds. The van der Waals surface area contributed by atoms with Crippen LogP contribution in [0.1, 0.15) is 72.1 Å². The van der Waals surface area contributed by atoms with E-state index in [1.165, 1.54) is 38.5 Å². The molecule has 1 spiro atoms. The minimum Gasteiger partial charge on any atom is -0.393 e. The third-order valence-corrected chi connectivity index (χ3v) is 9.93. The van der Waals surface area contributed by atoms with Gasteiger partial charge in [0.05, 0.1) is 12.7 Å². The molecule has 2 nitrogen and oxygen atoms in total. The summed E-state index contributed by atoms with van der Waals surface area (Å²) in [4.78, 5) is 0. The van der Waals surface area contributed by atoms with Gasteiger partial charge in [-0.2, -0.15) is 0 Å². The molecular formula is C18H36O2S. The lowest BCUT2D eigenvalue weighted by Gasteiger charge is -2.47. The molecule has 2 aliphatic carbocycles. The van der Waals surface area contributed by atoms with Gasteiger partial charge in [0, 0.05) is 4.75 Å². The molecule has 126 valence electrons. The van der Waals surface area contributed by atoms with Crippen molar-refractivity contribution >= 4 is 10.3 Å². The van der Waals surface area contributed by atoms with Gasteiger partial charge in [0.25, 0.3) is 0 Å². The maximum absolute atomic E-state index is 9.71. The summed E-state index contributed by atoms with van der Waals surface area (Å²) < 4.78 is 6.64. The van der Waals surface area contributed by atoms with Gasteiger partial charge in [-0.25, -0.2) is 0 Å². The molecule has 2 saturated carbocycles. The number of hydrogen-bond acceptors (Lipinski definition) is 2. The van der Waals surface area contributed by atoms with Crippen LogP contribution in [0.2, 0.25) is 0 Å². The second-order valence-corrected chi connectivity index (χ2v) is 12.7. The Kier molecular flexibility index (Phi) is 5.38. The summed E-state index contributed by atoms with van der Waals surface area (Å²) >= 11 is 0. The van der Waals surface area contributed by atoms with E-state index < -0.39 is 10.3 Å². The zero-order valence-electron chi connectivity index (χ0n) is 14.8. The van der Waals surface area contributed by atoms with Crippen LogP contribution in [0.15, 0.2) is 0 Å². The maximum Gasteiger partial charge on any atom is 0.0620 e. The Labute approximate surface area is 133 Å². The van der Waals surface area contributed by atoms with Crippen molar-refractivity contribution < 1.29 is 9.29 Å². The minimum absolute atomic E-state index is 0.0205. The monoisotopic (exact) mass is 316 g/mol. The zero-order chi connectivity index (χ0) is 15.7. The van der Waals surface area contributed by atoms with E-state index in [0.29, 0.717) is 5.41 Å². The Morgan fingerprint density at radius 3 is 1.95 bits per heavy atom. The molecule has 2 rings (SSSR count). The smallest absolute Gasteiger partial charge is 0.0620 e. The Morgan fingerprint density at radius 2 is 1.48 bits per heavy atom. The van der Waals surface area contributed by atoms with Gasteiger partial charge < -0.3 is 9.29 Å². The Bertz CT molecular complexity index is 328. The van der Waals surface area contributed by atoms with Gasteiger partial charge >= 0.3 is 0 Å². The van der Waals surface area contributed by atoms with Crippen molar-refractivity contribution in [2.45, 2.75) is 83.0 Å². The summed E-state index contributed by atoms with van der Waals surface area (Å²) in [5, 5.41) is 9.71. The van der Waals surface area contributed by atoms with Crippen LogP contribution < -0.4 is 0 Å². The highest BCUT2D eigenvalue weighted by molar-refractivity contribution is 8.29. The molecule has 0 aromatic heterocycles. The average Bonchev–Trinajstić information content (AvgIpc) is 2.41. The largest absolute Gasteiger partial charge is 0.393 e. The molecule has 0 radical (unpaired) electrons.